The Bertz CT molecular complexity index is 1260. The van der Waals surface area contributed by atoms with Gasteiger partial charge in [0.15, 0.2) is 0 Å². The van der Waals surface area contributed by atoms with Gasteiger partial charge in [-0.25, -0.2) is 0 Å². The number of nitro groups is 2. The third-order valence-electron chi connectivity index (χ3n) is 5.05. The lowest BCUT2D eigenvalue weighted by atomic mass is 10.1. The fourth-order valence-electron chi connectivity index (χ4n) is 3.47. The minimum atomic E-state index is -0.857. The minimum Gasteiger partial charge on any atom is -0.290 e. The van der Waals surface area contributed by atoms with Gasteiger partial charge in [-0.1, -0.05) is 30.3 Å². The van der Waals surface area contributed by atoms with Crippen molar-refractivity contribution in [2.45, 2.75) is 0 Å². The lowest BCUT2D eigenvalue weighted by Gasteiger charge is -2.27. The summed E-state index contributed by atoms with van der Waals surface area (Å²) in [7, 11) is 0. The van der Waals surface area contributed by atoms with Crippen LogP contribution in [-0.4, -0.2) is 39.1 Å². The third kappa shape index (κ3) is 3.90. The van der Waals surface area contributed by atoms with Crippen molar-refractivity contribution >= 4 is 34.8 Å². The fraction of sp³-hybridized carbons (Fsp3) is 0.0455. The number of anilines is 1. The Hall–Kier alpha value is -4.93. The predicted molar refractivity (Wildman–Crippen MR) is 115 cm³/mol. The van der Waals surface area contributed by atoms with Crippen LogP contribution in [-0.2, 0) is 0 Å². The van der Waals surface area contributed by atoms with Crippen molar-refractivity contribution in [1.82, 2.24) is 4.90 Å². The molecule has 0 N–H and O–H groups in total. The first-order valence-corrected chi connectivity index (χ1v) is 9.54. The van der Waals surface area contributed by atoms with Crippen molar-refractivity contribution in [2.75, 3.05) is 11.6 Å². The third-order valence-corrected chi connectivity index (χ3v) is 5.05. The molecule has 0 radical (unpaired) electrons. The SMILES string of the molecule is O=C1c2ccccc2C(=O)N1CN(C(=O)c1cc([N+](=O)[O-])cc([N+](=O)[O-])c1)c1ccccc1. The maximum Gasteiger partial charge on any atom is 0.277 e. The molecule has 0 aliphatic carbocycles. The number of nitrogens with zero attached hydrogens (tertiary/aromatic N) is 4. The summed E-state index contributed by atoms with van der Waals surface area (Å²) in [5.74, 6) is -2.06. The number of rotatable bonds is 6. The molecular weight excluding hydrogens is 432 g/mol. The number of hydrogen-bond donors (Lipinski definition) is 0. The Morgan fingerprint density at radius 2 is 1.27 bits per heavy atom. The number of para-hydroxylation sites is 1. The van der Waals surface area contributed by atoms with Gasteiger partial charge >= 0.3 is 0 Å². The van der Waals surface area contributed by atoms with Gasteiger partial charge in [0.25, 0.3) is 29.1 Å². The van der Waals surface area contributed by atoms with Crippen LogP contribution in [0.2, 0.25) is 0 Å². The van der Waals surface area contributed by atoms with E-state index in [2.05, 4.69) is 0 Å². The largest absolute Gasteiger partial charge is 0.290 e. The van der Waals surface area contributed by atoms with Gasteiger partial charge in [0.2, 0.25) is 0 Å². The lowest BCUT2D eigenvalue weighted by Crippen LogP contribution is -2.44. The smallest absolute Gasteiger partial charge is 0.277 e. The molecule has 1 heterocycles. The van der Waals surface area contributed by atoms with Gasteiger partial charge in [0.1, 0.15) is 6.67 Å². The van der Waals surface area contributed by atoms with E-state index in [9.17, 15) is 34.6 Å². The molecule has 3 aromatic rings. The first-order valence-electron chi connectivity index (χ1n) is 9.54. The van der Waals surface area contributed by atoms with Gasteiger partial charge < -0.3 is 0 Å². The Labute approximate surface area is 185 Å². The van der Waals surface area contributed by atoms with Gasteiger partial charge in [-0.05, 0) is 24.3 Å². The molecule has 1 aliphatic heterocycles. The van der Waals surface area contributed by atoms with Crippen LogP contribution in [0.1, 0.15) is 31.1 Å². The second-order valence-electron chi connectivity index (χ2n) is 7.05. The Balaban J connectivity index is 1.76. The van der Waals surface area contributed by atoms with Crippen molar-refractivity contribution < 1.29 is 24.2 Å². The zero-order valence-electron chi connectivity index (χ0n) is 16.8. The molecule has 1 aliphatic rings. The molecule has 0 atom stereocenters. The van der Waals surface area contributed by atoms with Crippen molar-refractivity contribution in [3.8, 4) is 0 Å². The number of non-ortho nitro benzene ring substituents is 2. The number of benzene rings is 3. The van der Waals surface area contributed by atoms with E-state index in [0.29, 0.717) is 0 Å². The number of imide groups is 1. The molecule has 0 saturated carbocycles. The molecule has 11 nitrogen and oxygen atoms in total. The first kappa shape index (κ1) is 21.3. The molecule has 0 unspecified atom stereocenters. The summed E-state index contributed by atoms with van der Waals surface area (Å²) in [6.45, 7) is -0.494. The van der Waals surface area contributed by atoms with E-state index < -0.39 is 45.6 Å². The highest BCUT2D eigenvalue weighted by Gasteiger charge is 2.37. The summed E-state index contributed by atoms with van der Waals surface area (Å²) in [6, 6.07) is 16.8. The number of hydrogen-bond acceptors (Lipinski definition) is 7. The van der Waals surface area contributed by atoms with Crippen molar-refractivity contribution in [3.63, 3.8) is 0 Å². The van der Waals surface area contributed by atoms with E-state index in [1.807, 2.05) is 0 Å². The summed E-state index contributed by atoms with van der Waals surface area (Å²) in [5.41, 5.74) is -0.949. The second-order valence-corrected chi connectivity index (χ2v) is 7.05. The van der Waals surface area contributed by atoms with Crippen LogP contribution in [0.5, 0.6) is 0 Å². The highest BCUT2D eigenvalue weighted by atomic mass is 16.6. The van der Waals surface area contributed by atoms with E-state index in [0.717, 1.165) is 28.0 Å². The van der Waals surface area contributed by atoms with Gasteiger partial charge in [-0.15, -0.1) is 0 Å². The summed E-state index contributed by atoms with van der Waals surface area (Å²) in [6.07, 6.45) is 0. The Morgan fingerprint density at radius 1 is 0.788 bits per heavy atom. The van der Waals surface area contributed by atoms with Crippen molar-refractivity contribution in [2.24, 2.45) is 0 Å². The van der Waals surface area contributed by atoms with Crippen LogP contribution in [0.15, 0.2) is 72.8 Å². The van der Waals surface area contributed by atoms with Crippen molar-refractivity contribution in [1.29, 1.82) is 0 Å². The summed E-state index contributed by atoms with van der Waals surface area (Å²) in [4.78, 5) is 61.7. The van der Waals surface area contributed by atoms with Crippen LogP contribution < -0.4 is 4.90 Å². The monoisotopic (exact) mass is 446 g/mol. The van der Waals surface area contributed by atoms with Crippen LogP contribution in [0.4, 0.5) is 17.1 Å². The standard InChI is InChI=1S/C22H14N4O7/c27-20(14-10-16(25(30)31)12-17(11-14)26(32)33)23(15-6-2-1-3-7-15)13-24-21(28)18-8-4-5-9-19(18)22(24)29/h1-12H,13H2. The summed E-state index contributed by atoms with van der Waals surface area (Å²) >= 11 is 0. The van der Waals surface area contributed by atoms with E-state index in [4.69, 9.17) is 0 Å². The molecule has 0 aromatic heterocycles. The van der Waals surface area contributed by atoms with Gasteiger partial charge in [-0.2, -0.15) is 0 Å². The predicted octanol–water partition coefficient (Wildman–Crippen LogP) is 3.40. The number of carbonyl (C=O) groups is 3. The molecule has 3 amide bonds. The molecule has 33 heavy (non-hydrogen) atoms. The topological polar surface area (TPSA) is 144 Å². The molecule has 4 rings (SSSR count). The molecule has 11 heteroatoms. The van der Waals surface area contributed by atoms with E-state index >= 15 is 0 Å². The highest BCUT2D eigenvalue weighted by molar-refractivity contribution is 6.22. The van der Waals surface area contributed by atoms with E-state index in [1.165, 1.54) is 12.1 Å². The van der Waals surface area contributed by atoms with Crippen LogP contribution in [0.3, 0.4) is 0 Å². The molecule has 3 aromatic carbocycles. The quantitative estimate of drug-likeness (QED) is 0.320. The van der Waals surface area contributed by atoms with Gasteiger partial charge in [-0.3, -0.25) is 44.4 Å². The molecule has 0 fully saturated rings. The highest BCUT2D eigenvalue weighted by Crippen LogP contribution is 2.28. The molecule has 0 saturated heterocycles. The molecule has 0 bridgehead atoms. The van der Waals surface area contributed by atoms with Crippen molar-refractivity contribution in [3.05, 3.63) is 110 Å². The zero-order chi connectivity index (χ0) is 23.7. The van der Waals surface area contributed by atoms with Gasteiger partial charge in [0.05, 0.1) is 32.6 Å². The maximum absolute atomic E-state index is 13.4. The number of fused-ring (bicyclic) bond motifs is 1. The van der Waals surface area contributed by atoms with Crippen LogP contribution in [0.25, 0.3) is 0 Å². The Kier molecular flexibility index (Phi) is 5.36. The normalized spacial score (nSPS) is 12.4. The van der Waals surface area contributed by atoms with E-state index in [-0.39, 0.29) is 22.4 Å². The number of amides is 3. The van der Waals surface area contributed by atoms with Gasteiger partial charge in [0, 0.05) is 17.8 Å². The number of carbonyl (C=O) groups excluding carboxylic acids is 3. The molecule has 164 valence electrons. The van der Waals surface area contributed by atoms with Crippen LogP contribution >= 0.6 is 0 Å². The first-order chi connectivity index (χ1) is 15.8. The van der Waals surface area contributed by atoms with Crippen LogP contribution in [0, 0.1) is 20.2 Å². The van der Waals surface area contributed by atoms with E-state index in [1.54, 1.807) is 42.5 Å². The minimum absolute atomic E-state index is 0.189. The average Bonchev–Trinajstić information content (AvgIpc) is 3.07. The molecule has 0 spiro atoms. The maximum atomic E-state index is 13.4. The zero-order valence-corrected chi connectivity index (χ0v) is 16.8. The average molecular weight is 446 g/mol. The molecular formula is C22H14N4O7. The number of nitro benzene ring substituents is 2. The lowest BCUT2D eigenvalue weighted by molar-refractivity contribution is -0.394. The summed E-state index contributed by atoms with van der Waals surface area (Å²) < 4.78 is 0. The summed E-state index contributed by atoms with van der Waals surface area (Å²) in [5, 5.41) is 22.5. The Morgan fingerprint density at radius 3 is 1.76 bits per heavy atom. The fourth-order valence-corrected chi connectivity index (χ4v) is 3.47. The second kappa shape index (κ2) is 8.30.